The van der Waals surface area contributed by atoms with Crippen molar-refractivity contribution in [2.45, 2.75) is 38.1 Å². The molecule has 1 aromatic carbocycles. The number of nitrogens with one attached hydrogen (secondary N) is 1. The Labute approximate surface area is 130 Å². The lowest BCUT2D eigenvalue weighted by Gasteiger charge is -2.15. The van der Waals surface area contributed by atoms with E-state index in [1.165, 1.54) is 20.3 Å². The first kappa shape index (κ1) is 15.5. The molecule has 0 fully saturated rings. The Balaban J connectivity index is 2.11. The van der Waals surface area contributed by atoms with Gasteiger partial charge in [-0.1, -0.05) is 19.1 Å². The van der Waals surface area contributed by atoms with Gasteiger partial charge in [0.05, 0.1) is 10.7 Å². The first-order valence-electron chi connectivity index (χ1n) is 6.97. The summed E-state index contributed by atoms with van der Waals surface area (Å²) in [6, 6.07) is 9.22. The van der Waals surface area contributed by atoms with Gasteiger partial charge in [0.1, 0.15) is 0 Å². The topological polar surface area (TPSA) is 24.9 Å². The minimum absolute atomic E-state index is 0.334. The van der Waals surface area contributed by atoms with Crippen molar-refractivity contribution >= 4 is 23.1 Å². The minimum Gasteiger partial charge on any atom is -0.313 e. The maximum Gasteiger partial charge on any atom is 0.0949 e. The van der Waals surface area contributed by atoms with Gasteiger partial charge >= 0.3 is 0 Å². The molecule has 0 aliphatic rings. The normalized spacial score (nSPS) is 12.6. The number of aromatic nitrogens is 1. The molecule has 2 rings (SSSR count). The van der Waals surface area contributed by atoms with Crippen LogP contribution in [-0.4, -0.2) is 17.8 Å². The molecule has 0 saturated carbocycles. The van der Waals surface area contributed by atoms with Crippen molar-refractivity contribution in [3.63, 3.8) is 0 Å². The number of rotatable bonds is 6. The van der Waals surface area contributed by atoms with Crippen LogP contribution in [-0.2, 0) is 6.42 Å². The largest absolute Gasteiger partial charge is 0.313 e. The van der Waals surface area contributed by atoms with E-state index in [-0.39, 0.29) is 0 Å². The third kappa shape index (κ3) is 3.84. The molecule has 2 nitrogen and oxygen atoms in total. The number of likely N-dealkylation sites (N-methyl/N-ethyl adjacent to an activating group) is 1. The highest BCUT2D eigenvalue weighted by atomic mass is 32.2. The van der Waals surface area contributed by atoms with Gasteiger partial charge in [0.2, 0.25) is 0 Å². The summed E-state index contributed by atoms with van der Waals surface area (Å²) in [4.78, 5) is 7.31. The van der Waals surface area contributed by atoms with Crippen LogP contribution < -0.4 is 5.32 Å². The Kier molecular flexibility index (Phi) is 5.64. The van der Waals surface area contributed by atoms with Gasteiger partial charge in [-0.3, -0.25) is 0 Å². The Hall–Kier alpha value is -0.840. The molecule has 0 amide bonds. The highest BCUT2D eigenvalue weighted by Crippen LogP contribution is 2.25. The predicted molar refractivity (Wildman–Crippen MR) is 89.9 cm³/mol. The van der Waals surface area contributed by atoms with Gasteiger partial charge in [-0.15, -0.1) is 23.1 Å². The van der Waals surface area contributed by atoms with Gasteiger partial charge in [0, 0.05) is 22.2 Å². The first-order chi connectivity index (χ1) is 9.63. The second-order valence-electron chi connectivity index (χ2n) is 4.80. The van der Waals surface area contributed by atoms with Crippen LogP contribution in [0, 0.1) is 13.8 Å². The summed E-state index contributed by atoms with van der Waals surface area (Å²) in [7, 11) is 2.02. The summed E-state index contributed by atoms with van der Waals surface area (Å²) >= 11 is 3.69. The van der Waals surface area contributed by atoms with Crippen LogP contribution in [0.5, 0.6) is 0 Å². The van der Waals surface area contributed by atoms with Crippen molar-refractivity contribution in [2.24, 2.45) is 0 Å². The molecular formula is C16H22N2S2. The van der Waals surface area contributed by atoms with Crippen LogP contribution in [0.2, 0.25) is 0 Å². The molecule has 1 aromatic heterocycles. The minimum atomic E-state index is 0.334. The van der Waals surface area contributed by atoms with E-state index in [1.807, 2.05) is 30.1 Å². The molecule has 0 aliphatic carbocycles. The molecule has 0 spiro atoms. The molecule has 0 aliphatic heterocycles. The summed E-state index contributed by atoms with van der Waals surface area (Å²) in [6.07, 6.45) is 0.954. The molecule has 1 N–H and O–H groups in total. The molecule has 1 unspecified atom stereocenters. The SMILES string of the molecule is CCSc1ccc(C(Cc2nc(C)c(C)s2)NC)cc1. The van der Waals surface area contributed by atoms with E-state index in [2.05, 4.69) is 55.3 Å². The molecule has 2 aromatic rings. The van der Waals surface area contributed by atoms with Crippen LogP contribution in [0.25, 0.3) is 0 Å². The van der Waals surface area contributed by atoms with Gasteiger partial charge in [0.15, 0.2) is 0 Å². The van der Waals surface area contributed by atoms with Gasteiger partial charge in [-0.25, -0.2) is 4.98 Å². The van der Waals surface area contributed by atoms with Crippen LogP contribution in [0.3, 0.4) is 0 Å². The fourth-order valence-corrected chi connectivity index (χ4v) is 3.79. The van der Waals surface area contributed by atoms with Crippen LogP contribution in [0.1, 0.15) is 34.1 Å². The number of thiazole rings is 1. The Morgan fingerprint density at radius 2 is 1.95 bits per heavy atom. The monoisotopic (exact) mass is 306 g/mol. The molecule has 4 heteroatoms. The van der Waals surface area contributed by atoms with E-state index in [4.69, 9.17) is 0 Å². The maximum atomic E-state index is 4.64. The van der Waals surface area contributed by atoms with Crippen molar-refractivity contribution in [1.82, 2.24) is 10.3 Å². The highest BCUT2D eigenvalue weighted by Gasteiger charge is 2.13. The molecule has 0 saturated heterocycles. The molecular weight excluding hydrogens is 284 g/mol. The number of thioether (sulfide) groups is 1. The number of nitrogens with zero attached hydrogens (tertiary/aromatic N) is 1. The molecule has 0 radical (unpaired) electrons. The number of aryl methyl sites for hydroxylation is 2. The summed E-state index contributed by atoms with van der Waals surface area (Å²) in [5.74, 6) is 1.12. The lowest BCUT2D eigenvalue weighted by Crippen LogP contribution is -2.18. The number of benzene rings is 1. The average Bonchev–Trinajstić information content (AvgIpc) is 2.76. The second kappa shape index (κ2) is 7.25. The van der Waals surface area contributed by atoms with Crippen LogP contribution in [0.15, 0.2) is 29.2 Å². The summed E-state index contributed by atoms with van der Waals surface area (Å²) in [5.41, 5.74) is 2.49. The average molecular weight is 306 g/mol. The quantitative estimate of drug-likeness (QED) is 0.802. The summed E-state index contributed by atoms with van der Waals surface area (Å²) in [6.45, 7) is 6.41. The zero-order valence-corrected chi connectivity index (χ0v) is 14.2. The Morgan fingerprint density at radius 1 is 1.25 bits per heavy atom. The van der Waals surface area contributed by atoms with E-state index < -0.39 is 0 Å². The van der Waals surface area contributed by atoms with Gasteiger partial charge in [0.25, 0.3) is 0 Å². The maximum absolute atomic E-state index is 4.64. The zero-order valence-electron chi connectivity index (χ0n) is 12.6. The number of hydrogen-bond acceptors (Lipinski definition) is 4. The lowest BCUT2D eigenvalue weighted by molar-refractivity contribution is 0.589. The standard InChI is InChI=1S/C16H22N2S2/c1-5-19-14-8-6-13(7-9-14)15(17-4)10-16-18-11(2)12(3)20-16/h6-9,15,17H,5,10H2,1-4H3. The van der Waals surface area contributed by atoms with Crippen molar-refractivity contribution in [3.8, 4) is 0 Å². The van der Waals surface area contributed by atoms with Gasteiger partial charge in [-0.05, 0) is 44.3 Å². The smallest absolute Gasteiger partial charge is 0.0949 e. The van der Waals surface area contributed by atoms with Crippen molar-refractivity contribution in [2.75, 3.05) is 12.8 Å². The lowest BCUT2D eigenvalue weighted by atomic mass is 10.0. The van der Waals surface area contributed by atoms with Crippen molar-refractivity contribution in [1.29, 1.82) is 0 Å². The zero-order chi connectivity index (χ0) is 14.5. The number of hydrogen-bond donors (Lipinski definition) is 1. The highest BCUT2D eigenvalue weighted by molar-refractivity contribution is 7.99. The third-order valence-corrected chi connectivity index (χ3v) is 5.38. The predicted octanol–water partition coefficient (Wildman–Crippen LogP) is 4.38. The van der Waals surface area contributed by atoms with E-state index in [0.717, 1.165) is 17.9 Å². The molecule has 20 heavy (non-hydrogen) atoms. The summed E-state index contributed by atoms with van der Waals surface area (Å²) < 4.78 is 0. The van der Waals surface area contributed by atoms with E-state index >= 15 is 0 Å². The fourth-order valence-electron chi connectivity index (χ4n) is 2.15. The first-order valence-corrected chi connectivity index (χ1v) is 8.77. The molecule has 0 bridgehead atoms. The molecule has 1 heterocycles. The van der Waals surface area contributed by atoms with Crippen molar-refractivity contribution < 1.29 is 0 Å². The van der Waals surface area contributed by atoms with Crippen LogP contribution >= 0.6 is 23.1 Å². The van der Waals surface area contributed by atoms with E-state index in [9.17, 15) is 0 Å². The van der Waals surface area contributed by atoms with Crippen LogP contribution in [0.4, 0.5) is 0 Å². The fraction of sp³-hybridized carbons (Fsp3) is 0.438. The summed E-state index contributed by atoms with van der Waals surface area (Å²) in [5, 5.41) is 4.62. The Bertz CT molecular complexity index is 527. The van der Waals surface area contributed by atoms with Gasteiger partial charge < -0.3 is 5.32 Å². The Morgan fingerprint density at radius 3 is 2.45 bits per heavy atom. The van der Waals surface area contributed by atoms with E-state index in [1.54, 1.807) is 0 Å². The second-order valence-corrected chi connectivity index (χ2v) is 7.42. The van der Waals surface area contributed by atoms with E-state index in [0.29, 0.717) is 6.04 Å². The van der Waals surface area contributed by atoms with Gasteiger partial charge in [-0.2, -0.15) is 0 Å². The van der Waals surface area contributed by atoms with Crippen molar-refractivity contribution in [3.05, 3.63) is 45.4 Å². The molecule has 1 atom stereocenters. The molecule has 108 valence electrons. The third-order valence-electron chi connectivity index (χ3n) is 3.39.